The lowest BCUT2D eigenvalue weighted by Crippen LogP contribution is -2.46. The van der Waals surface area contributed by atoms with Crippen molar-refractivity contribution >= 4 is 11.8 Å². The summed E-state index contributed by atoms with van der Waals surface area (Å²) in [4.78, 5) is 25.8. The maximum absolute atomic E-state index is 12.0. The Morgan fingerprint density at radius 2 is 2.00 bits per heavy atom. The first-order valence-electron chi connectivity index (χ1n) is 7.84. The molecule has 5 heteroatoms. The van der Waals surface area contributed by atoms with Crippen LogP contribution in [-0.4, -0.2) is 43.4 Å². The average molecular weight is 303 g/mol. The predicted octanol–water partition coefficient (Wildman–Crippen LogP) is 1.07. The summed E-state index contributed by atoms with van der Waals surface area (Å²) in [5.41, 5.74) is 2.31. The number of benzene rings is 1. The Bertz CT molecular complexity index is 513. The van der Waals surface area contributed by atoms with E-state index in [4.69, 9.17) is 0 Å². The number of carbonyl (C=O) groups excluding carboxylic acids is 2. The van der Waals surface area contributed by atoms with Gasteiger partial charge in [-0.3, -0.25) is 14.5 Å². The van der Waals surface area contributed by atoms with Crippen LogP contribution in [-0.2, 0) is 16.1 Å². The highest BCUT2D eigenvalue weighted by Crippen LogP contribution is 2.16. The number of piperidine rings is 1. The molecule has 1 heterocycles. The first kappa shape index (κ1) is 16.5. The molecule has 1 aliphatic rings. The number of hydrogen-bond acceptors (Lipinski definition) is 3. The van der Waals surface area contributed by atoms with Crippen molar-refractivity contribution in [3.8, 4) is 0 Å². The molecule has 0 saturated carbocycles. The highest BCUT2D eigenvalue weighted by atomic mass is 16.2. The molecule has 0 bridgehead atoms. The first-order chi connectivity index (χ1) is 10.6. The fourth-order valence-corrected chi connectivity index (χ4v) is 2.78. The Morgan fingerprint density at radius 1 is 1.27 bits per heavy atom. The molecule has 1 unspecified atom stereocenters. The summed E-state index contributed by atoms with van der Waals surface area (Å²) in [5, 5.41) is 5.64. The third-order valence-corrected chi connectivity index (χ3v) is 4.10. The van der Waals surface area contributed by atoms with Crippen LogP contribution in [0.25, 0.3) is 0 Å². The van der Waals surface area contributed by atoms with Crippen LogP contribution in [0.2, 0.25) is 0 Å². The van der Waals surface area contributed by atoms with Crippen molar-refractivity contribution < 1.29 is 9.59 Å². The number of aryl methyl sites for hydroxylation is 1. The minimum atomic E-state index is 0.00338. The molecular formula is C17H25N3O2. The molecule has 2 rings (SSSR count). The van der Waals surface area contributed by atoms with Gasteiger partial charge in [-0.1, -0.05) is 29.8 Å². The van der Waals surface area contributed by atoms with Crippen LogP contribution in [0.15, 0.2) is 24.3 Å². The molecular weight excluding hydrogens is 278 g/mol. The van der Waals surface area contributed by atoms with Gasteiger partial charge in [0.1, 0.15) is 0 Å². The van der Waals surface area contributed by atoms with Gasteiger partial charge in [0, 0.05) is 20.1 Å². The Labute approximate surface area is 132 Å². The van der Waals surface area contributed by atoms with Gasteiger partial charge >= 0.3 is 0 Å². The first-order valence-corrected chi connectivity index (χ1v) is 7.84. The molecule has 0 radical (unpaired) electrons. The van der Waals surface area contributed by atoms with Gasteiger partial charge in [-0.05, 0) is 31.9 Å². The fraction of sp³-hybridized carbons (Fsp3) is 0.529. The molecule has 22 heavy (non-hydrogen) atoms. The van der Waals surface area contributed by atoms with Crippen LogP contribution >= 0.6 is 0 Å². The molecule has 1 aliphatic heterocycles. The molecule has 0 spiro atoms. The summed E-state index contributed by atoms with van der Waals surface area (Å²) < 4.78 is 0. The van der Waals surface area contributed by atoms with E-state index in [1.54, 1.807) is 7.05 Å². The minimum Gasteiger partial charge on any atom is -0.359 e. The van der Waals surface area contributed by atoms with Crippen molar-refractivity contribution in [1.82, 2.24) is 15.5 Å². The van der Waals surface area contributed by atoms with E-state index in [1.165, 1.54) is 5.56 Å². The van der Waals surface area contributed by atoms with E-state index in [9.17, 15) is 9.59 Å². The van der Waals surface area contributed by atoms with Gasteiger partial charge in [0.15, 0.2) is 0 Å². The standard InChI is InChI=1S/C17H25N3O2/c1-13-5-7-14(8-6-13)10-19-16(21)12-20-9-3-4-15(11-20)17(22)18-2/h5-8,15H,3-4,9-12H2,1-2H3,(H,18,22)(H,19,21). The lowest BCUT2D eigenvalue weighted by molar-refractivity contribution is -0.128. The predicted molar refractivity (Wildman–Crippen MR) is 86.3 cm³/mol. The molecule has 1 aromatic rings. The second kappa shape index (κ2) is 7.94. The normalized spacial score (nSPS) is 18.7. The lowest BCUT2D eigenvalue weighted by Gasteiger charge is -2.31. The molecule has 1 saturated heterocycles. The molecule has 2 N–H and O–H groups in total. The van der Waals surface area contributed by atoms with E-state index >= 15 is 0 Å². The van der Waals surface area contributed by atoms with Crippen LogP contribution in [0.4, 0.5) is 0 Å². The Kier molecular flexibility index (Phi) is 5.95. The zero-order chi connectivity index (χ0) is 15.9. The van der Waals surface area contributed by atoms with E-state index in [2.05, 4.69) is 15.5 Å². The van der Waals surface area contributed by atoms with Gasteiger partial charge in [-0.2, -0.15) is 0 Å². The second-order valence-electron chi connectivity index (χ2n) is 5.95. The third kappa shape index (κ3) is 4.84. The zero-order valence-corrected chi connectivity index (χ0v) is 13.4. The Hall–Kier alpha value is -1.88. The van der Waals surface area contributed by atoms with Crippen LogP contribution in [0, 0.1) is 12.8 Å². The number of likely N-dealkylation sites (tertiary alicyclic amines) is 1. The molecule has 120 valence electrons. The third-order valence-electron chi connectivity index (χ3n) is 4.10. The van der Waals surface area contributed by atoms with E-state index < -0.39 is 0 Å². The minimum absolute atomic E-state index is 0.00338. The maximum Gasteiger partial charge on any atom is 0.234 e. The molecule has 5 nitrogen and oxygen atoms in total. The van der Waals surface area contributed by atoms with E-state index in [-0.39, 0.29) is 17.7 Å². The van der Waals surface area contributed by atoms with E-state index in [0.717, 1.165) is 24.9 Å². The van der Waals surface area contributed by atoms with Crippen molar-refractivity contribution in [3.05, 3.63) is 35.4 Å². The maximum atomic E-state index is 12.0. The number of nitrogens with one attached hydrogen (secondary N) is 2. The summed E-state index contributed by atoms with van der Waals surface area (Å²) in [6, 6.07) is 8.14. The van der Waals surface area contributed by atoms with Gasteiger partial charge < -0.3 is 10.6 Å². The largest absolute Gasteiger partial charge is 0.359 e. The van der Waals surface area contributed by atoms with Gasteiger partial charge in [0.05, 0.1) is 12.5 Å². The number of hydrogen-bond donors (Lipinski definition) is 2. The summed E-state index contributed by atoms with van der Waals surface area (Å²) in [6.07, 6.45) is 1.87. The monoisotopic (exact) mass is 303 g/mol. The summed E-state index contributed by atoms with van der Waals surface area (Å²) >= 11 is 0. The number of nitrogens with zero attached hydrogens (tertiary/aromatic N) is 1. The summed E-state index contributed by atoms with van der Waals surface area (Å²) in [6.45, 7) is 4.50. The van der Waals surface area contributed by atoms with Gasteiger partial charge in [0.25, 0.3) is 0 Å². The molecule has 1 atom stereocenters. The summed E-state index contributed by atoms with van der Waals surface area (Å²) in [5.74, 6) is 0.0894. The second-order valence-corrected chi connectivity index (χ2v) is 5.95. The lowest BCUT2D eigenvalue weighted by atomic mass is 9.97. The van der Waals surface area contributed by atoms with Crippen molar-refractivity contribution in [3.63, 3.8) is 0 Å². The van der Waals surface area contributed by atoms with Crippen molar-refractivity contribution in [1.29, 1.82) is 0 Å². The van der Waals surface area contributed by atoms with Crippen LogP contribution < -0.4 is 10.6 Å². The fourth-order valence-electron chi connectivity index (χ4n) is 2.78. The molecule has 0 aliphatic carbocycles. The highest BCUT2D eigenvalue weighted by Gasteiger charge is 2.25. The quantitative estimate of drug-likeness (QED) is 0.855. The number of amides is 2. The number of carbonyl (C=O) groups is 2. The Morgan fingerprint density at radius 3 is 2.68 bits per heavy atom. The molecule has 2 amide bonds. The topological polar surface area (TPSA) is 61.4 Å². The SMILES string of the molecule is CNC(=O)C1CCCN(CC(=O)NCc2ccc(C)cc2)C1. The zero-order valence-electron chi connectivity index (χ0n) is 13.4. The molecule has 1 aromatic carbocycles. The smallest absolute Gasteiger partial charge is 0.234 e. The van der Waals surface area contributed by atoms with E-state index in [1.807, 2.05) is 31.2 Å². The molecule has 1 fully saturated rings. The Balaban J connectivity index is 1.76. The van der Waals surface area contributed by atoms with Crippen molar-refractivity contribution in [2.24, 2.45) is 5.92 Å². The van der Waals surface area contributed by atoms with Gasteiger partial charge in [-0.25, -0.2) is 0 Å². The van der Waals surface area contributed by atoms with Crippen molar-refractivity contribution in [2.45, 2.75) is 26.3 Å². The molecule has 0 aromatic heterocycles. The van der Waals surface area contributed by atoms with Crippen molar-refractivity contribution in [2.75, 3.05) is 26.7 Å². The van der Waals surface area contributed by atoms with E-state index in [0.29, 0.717) is 19.6 Å². The van der Waals surface area contributed by atoms with Gasteiger partial charge in [-0.15, -0.1) is 0 Å². The van der Waals surface area contributed by atoms with Gasteiger partial charge in [0.2, 0.25) is 11.8 Å². The van der Waals surface area contributed by atoms with Crippen LogP contribution in [0.5, 0.6) is 0 Å². The average Bonchev–Trinajstić information content (AvgIpc) is 2.54. The van der Waals surface area contributed by atoms with Crippen LogP contribution in [0.1, 0.15) is 24.0 Å². The highest BCUT2D eigenvalue weighted by molar-refractivity contribution is 5.79. The number of rotatable bonds is 5. The van der Waals surface area contributed by atoms with Crippen LogP contribution in [0.3, 0.4) is 0 Å². The summed E-state index contributed by atoms with van der Waals surface area (Å²) in [7, 11) is 1.66.